The van der Waals surface area contributed by atoms with Crippen molar-refractivity contribution < 1.29 is 14.3 Å². The molecule has 1 aromatic heterocycles. The van der Waals surface area contributed by atoms with Gasteiger partial charge in [-0.15, -0.1) is 11.3 Å². The highest BCUT2D eigenvalue weighted by Gasteiger charge is 2.05. The van der Waals surface area contributed by atoms with E-state index in [1.54, 1.807) is 35.6 Å². The molecule has 0 radical (unpaired) electrons. The van der Waals surface area contributed by atoms with Gasteiger partial charge in [0, 0.05) is 16.5 Å². The molecule has 1 N–H and O–H groups in total. The molecule has 0 spiro atoms. The van der Waals surface area contributed by atoms with E-state index in [2.05, 4.69) is 10.1 Å². The Bertz CT molecular complexity index is 647. The highest BCUT2D eigenvalue weighted by Crippen LogP contribution is 2.10. The first-order valence-electron chi connectivity index (χ1n) is 6.35. The minimum Gasteiger partial charge on any atom is -0.466 e. The number of carbonyl (C=O) groups is 2. The van der Waals surface area contributed by atoms with Crippen molar-refractivity contribution in [3.05, 3.63) is 63.9 Å². The lowest BCUT2D eigenvalue weighted by atomic mass is 10.1. The minimum atomic E-state index is -0.428. The average molecular weight is 301 g/mol. The van der Waals surface area contributed by atoms with Crippen molar-refractivity contribution in [2.45, 2.75) is 6.54 Å². The molecule has 5 heteroatoms. The number of carbonyl (C=O) groups excluding carboxylic acids is 2. The second kappa shape index (κ2) is 7.40. The summed E-state index contributed by atoms with van der Waals surface area (Å²) in [7, 11) is 1.32. The molecule has 0 saturated heterocycles. The minimum absolute atomic E-state index is 0.142. The number of esters is 1. The normalized spacial score (nSPS) is 10.5. The van der Waals surface area contributed by atoms with Crippen molar-refractivity contribution in [3.8, 4) is 0 Å². The van der Waals surface area contributed by atoms with Crippen LogP contribution in [0.15, 0.2) is 47.9 Å². The van der Waals surface area contributed by atoms with Crippen LogP contribution in [-0.2, 0) is 16.1 Å². The molecule has 21 heavy (non-hydrogen) atoms. The van der Waals surface area contributed by atoms with Gasteiger partial charge in [0.2, 0.25) is 0 Å². The van der Waals surface area contributed by atoms with E-state index in [1.165, 1.54) is 13.2 Å². The number of ether oxygens (including phenoxy) is 1. The van der Waals surface area contributed by atoms with Crippen molar-refractivity contribution in [3.63, 3.8) is 0 Å². The Kier molecular flexibility index (Phi) is 5.29. The highest BCUT2D eigenvalue weighted by atomic mass is 32.1. The molecule has 0 atom stereocenters. The van der Waals surface area contributed by atoms with E-state index in [1.807, 2.05) is 23.6 Å². The zero-order chi connectivity index (χ0) is 15.1. The molecule has 0 aliphatic rings. The highest BCUT2D eigenvalue weighted by molar-refractivity contribution is 7.09. The number of thiophene rings is 1. The Morgan fingerprint density at radius 2 is 2.14 bits per heavy atom. The Morgan fingerprint density at radius 1 is 1.29 bits per heavy atom. The van der Waals surface area contributed by atoms with E-state index in [4.69, 9.17) is 0 Å². The molecule has 108 valence electrons. The standard InChI is InChI=1S/C16H15NO3S/c1-20-15(18)8-7-12-4-2-5-13(10-12)16(19)17-11-14-6-3-9-21-14/h2-10H,11H2,1H3,(H,17,19). The van der Waals surface area contributed by atoms with Crippen molar-refractivity contribution >= 4 is 29.3 Å². The number of hydrogen-bond acceptors (Lipinski definition) is 4. The molecule has 0 bridgehead atoms. The third kappa shape index (κ3) is 4.57. The molecule has 0 aliphatic heterocycles. The number of benzene rings is 1. The van der Waals surface area contributed by atoms with Crippen molar-refractivity contribution in [2.75, 3.05) is 7.11 Å². The third-order valence-electron chi connectivity index (χ3n) is 2.77. The Labute approximate surface area is 127 Å². The van der Waals surface area contributed by atoms with E-state index >= 15 is 0 Å². The lowest BCUT2D eigenvalue weighted by Gasteiger charge is -2.04. The molecule has 2 rings (SSSR count). The van der Waals surface area contributed by atoms with E-state index in [9.17, 15) is 9.59 Å². The van der Waals surface area contributed by atoms with Crippen LogP contribution < -0.4 is 5.32 Å². The third-order valence-corrected chi connectivity index (χ3v) is 3.64. The summed E-state index contributed by atoms with van der Waals surface area (Å²) in [6.07, 6.45) is 2.94. The molecule has 2 aromatic rings. The van der Waals surface area contributed by atoms with E-state index < -0.39 is 5.97 Å². The molecular formula is C16H15NO3S. The Morgan fingerprint density at radius 3 is 2.86 bits per heavy atom. The molecule has 0 fully saturated rings. The lowest BCUT2D eigenvalue weighted by molar-refractivity contribution is -0.134. The topological polar surface area (TPSA) is 55.4 Å². The molecule has 0 unspecified atom stereocenters. The monoisotopic (exact) mass is 301 g/mol. The van der Waals surface area contributed by atoms with Gasteiger partial charge in [-0.25, -0.2) is 4.79 Å². The Balaban J connectivity index is 2.01. The van der Waals surface area contributed by atoms with Crippen molar-refractivity contribution in [1.82, 2.24) is 5.32 Å². The first-order chi connectivity index (χ1) is 10.2. The molecule has 1 amide bonds. The predicted molar refractivity (Wildman–Crippen MR) is 83.0 cm³/mol. The fourth-order valence-corrected chi connectivity index (χ4v) is 2.34. The Hall–Kier alpha value is -2.40. The van der Waals surface area contributed by atoms with Crippen molar-refractivity contribution in [2.24, 2.45) is 0 Å². The first kappa shape index (κ1) is 15.0. The summed E-state index contributed by atoms with van der Waals surface area (Å²) in [4.78, 5) is 24.2. The van der Waals surface area contributed by atoms with Gasteiger partial charge in [-0.2, -0.15) is 0 Å². The van der Waals surface area contributed by atoms with Crippen LogP contribution in [0.4, 0.5) is 0 Å². The number of nitrogens with one attached hydrogen (secondary N) is 1. The molecule has 1 aromatic carbocycles. The molecular weight excluding hydrogens is 286 g/mol. The molecule has 0 saturated carbocycles. The summed E-state index contributed by atoms with van der Waals surface area (Å²) in [5.41, 5.74) is 1.32. The van der Waals surface area contributed by atoms with Crippen molar-refractivity contribution in [1.29, 1.82) is 0 Å². The van der Waals surface area contributed by atoms with E-state index in [-0.39, 0.29) is 5.91 Å². The summed E-state index contributed by atoms with van der Waals surface area (Å²) in [6, 6.07) is 11.0. The van der Waals surface area contributed by atoms with E-state index in [0.717, 1.165) is 10.4 Å². The summed E-state index contributed by atoms with van der Waals surface area (Å²) >= 11 is 1.60. The van der Waals surface area contributed by atoms with Gasteiger partial charge in [0.15, 0.2) is 0 Å². The van der Waals surface area contributed by atoms with Crippen LogP contribution in [0.5, 0.6) is 0 Å². The van der Waals surface area contributed by atoms with Gasteiger partial charge in [-0.3, -0.25) is 4.79 Å². The van der Waals surface area contributed by atoms with E-state index in [0.29, 0.717) is 12.1 Å². The van der Waals surface area contributed by atoms with Gasteiger partial charge in [0.25, 0.3) is 5.91 Å². The van der Waals surface area contributed by atoms with Crippen LogP contribution in [0.2, 0.25) is 0 Å². The molecule has 4 nitrogen and oxygen atoms in total. The van der Waals surface area contributed by atoms with Crippen LogP contribution in [0.25, 0.3) is 6.08 Å². The summed E-state index contributed by atoms with van der Waals surface area (Å²) in [5.74, 6) is -0.570. The maximum absolute atomic E-state index is 12.1. The van der Waals surface area contributed by atoms with Crippen LogP contribution >= 0.6 is 11.3 Å². The van der Waals surface area contributed by atoms with Gasteiger partial charge in [-0.05, 0) is 35.2 Å². The van der Waals surface area contributed by atoms with Gasteiger partial charge in [-0.1, -0.05) is 18.2 Å². The van der Waals surface area contributed by atoms with Gasteiger partial charge < -0.3 is 10.1 Å². The second-order valence-corrected chi connectivity index (χ2v) is 5.28. The number of amides is 1. The van der Waals surface area contributed by atoms with Crippen LogP contribution in [0.1, 0.15) is 20.8 Å². The van der Waals surface area contributed by atoms with Crippen LogP contribution in [0.3, 0.4) is 0 Å². The molecule has 1 heterocycles. The zero-order valence-corrected chi connectivity index (χ0v) is 12.4. The summed E-state index contributed by atoms with van der Waals surface area (Å²) < 4.78 is 4.53. The predicted octanol–water partition coefficient (Wildman–Crippen LogP) is 2.86. The molecule has 0 aliphatic carbocycles. The smallest absolute Gasteiger partial charge is 0.330 e. The fraction of sp³-hybridized carbons (Fsp3) is 0.125. The first-order valence-corrected chi connectivity index (χ1v) is 7.23. The number of rotatable bonds is 5. The fourth-order valence-electron chi connectivity index (χ4n) is 1.70. The SMILES string of the molecule is COC(=O)C=Cc1cccc(C(=O)NCc2cccs2)c1. The van der Waals surface area contributed by atoms with Crippen LogP contribution in [0, 0.1) is 0 Å². The lowest BCUT2D eigenvalue weighted by Crippen LogP contribution is -2.22. The maximum Gasteiger partial charge on any atom is 0.330 e. The quantitative estimate of drug-likeness (QED) is 0.682. The van der Waals surface area contributed by atoms with Gasteiger partial charge in [0.05, 0.1) is 13.7 Å². The zero-order valence-electron chi connectivity index (χ0n) is 11.5. The summed E-state index contributed by atoms with van der Waals surface area (Å²) in [5, 5.41) is 4.83. The van der Waals surface area contributed by atoms with Gasteiger partial charge in [0.1, 0.15) is 0 Å². The van der Waals surface area contributed by atoms with Gasteiger partial charge >= 0.3 is 5.97 Å². The largest absolute Gasteiger partial charge is 0.466 e. The number of methoxy groups -OCH3 is 1. The summed E-state index contributed by atoms with van der Waals surface area (Å²) in [6.45, 7) is 0.513. The second-order valence-electron chi connectivity index (χ2n) is 4.24. The van der Waals surface area contributed by atoms with Crippen LogP contribution in [-0.4, -0.2) is 19.0 Å². The number of hydrogen-bond donors (Lipinski definition) is 1. The average Bonchev–Trinajstić information content (AvgIpc) is 3.04. The maximum atomic E-state index is 12.1.